The molecule has 1 fully saturated rings. The monoisotopic (exact) mass is 234 g/mol. The molecule has 2 N–H and O–H groups in total. The molecule has 0 saturated carbocycles. The molecule has 1 aromatic carbocycles. The SMILES string of the molecule is C[C@H](N)c1ccccc1N(C)CC1CCCO1. The predicted octanol–water partition coefficient (Wildman–Crippen LogP) is 2.32. The van der Waals surface area contributed by atoms with Crippen molar-refractivity contribution in [1.29, 1.82) is 0 Å². The fourth-order valence-electron chi connectivity index (χ4n) is 2.41. The van der Waals surface area contributed by atoms with Crippen molar-refractivity contribution in [3.8, 4) is 0 Å². The van der Waals surface area contributed by atoms with Gasteiger partial charge in [-0.15, -0.1) is 0 Å². The first kappa shape index (κ1) is 12.4. The van der Waals surface area contributed by atoms with Gasteiger partial charge in [0, 0.05) is 31.9 Å². The number of anilines is 1. The molecule has 1 aliphatic rings. The number of nitrogens with zero attached hydrogens (tertiary/aromatic N) is 1. The first-order chi connectivity index (χ1) is 8.18. The number of rotatable bonds is 4. The second kappa shape index (κ2) is 5.52. The Kier molecular flexibility index (Phi) is 4.02. The van der Waals surface area contributed by atoms with E-state index >= 15 is 0 Å². The molecule has 3 nitrogen and oxygen atoms in total. The highest BCUT2D eigenvalue weighted by Gasteiger charge is 2.19. The van der Waals surface area contributed by atoms with E-state index in [-0.39, 0.29) is 6.04 Å². The highest BCUT2D eigenvalue weighted by Crippen LogP contribution is 2.25. The number of hydrogen-bond acceptors (Lipinski definition) is 3. The van der Waals surface area contributed by atoms with E-state index in [1.807, 2.05) is 13.0 Å². The summed E-state index contributed by atoms with van der Waals surface area (Å²) in [4.78, 5) is 2.26. The zero-order chi connectivity index (χ0) is 12.3. The molecule has 1 heterocycles. The van der Waals surface area contributed by atoms with Gasteiger partial charge >= 0.3 is 0 Å². The van der Waals surface area contributed by atoms with Crippen molar-refractivity contribution < 1.29 is 4.74 Å². The Morgan fingerprint density at radius 2 is 2.24 bits per heavy atom. The standard InChI is InChI=1S/C14H22N2O/c1-11(15)13-7-3-4-8-14(13)16(2)10-12-6-5-9-17-12/h3-4,7-8,11-12H,5-6,9-10,15H2,1-2H3/t11-,12?/m0/s1. The van der Waals surface area contributed by atoms with Crippen molar-refractivity contribution in [3.63, 3.8) is 0 Å². The van der Waals surface area contributed by atoms with Crippen molar-refractivity contribution in [2.45, 2.75) is 31.9 Å². The van der Waals surface area contributed by atoms with Crippen LogP contribution in [-0.4, -0.2) is 26.3 Å². The lowest BCUT2D eigenvalue weighted by Gasteiger charge is -2.26. The Morgan fingerprint density at radius 3 is 2.88 bits per heavy atom. The molecule has 3 heteroatoms. The van der Waals surface area contributed by atoms with Crippen molar-refractivity contribution in [2.24, 2.45) is 5.73 Å². The molecule has 1 saturated heterocycles. The topological polar surface area (TPSA) is 38.5 Å². The van der Waals surface area contributed by atoms with E-state index in [2.05, 4.69) is 30.1 Å². The van der Waals surface area contributed by atoms with Gasteiger partial charge in [0.1, 0.15) is 0 Å². The summed E-state index contributed by atoms with van der Waals surface area (Å²) in [5.41, 5.74) is 8.42. The summed E-state index contributed by atoms with van der Waals surface area (Å²) in [6, 6.07) is 8.41. The highest BCUT2D eigenvalue weighted by molar-refractivity contribution is 5.54. The summed E-state index contributed by atoms with van der Waals surface area (Å²) in [7, 11) is 2.11. The first-order valence-electron chi connectivity index (χ1n) is 6.35. The van der Waals surface area contributed by atoms with Crippen molar-refractivity contribution >= 4 is 5.69 Å². The fraction of sp³-hybridized carbons (Fsp3) is 0.571. The Bertz CT molecular complexity index is 359. The van der Waals surface area contributed by atoms with Crippen LogP contribution in [0.1, 0.15) is 31.4 Å². The van der Waals surface area contributed by atoms with Gasteiger partial charge in [0.05, 0.1) is 6.10 Å². The van der Waals surface area contributed by atoms with E-state index in [0.717, 1.165) is 13.2 Å². The van der Waals surface area contributed by atoms with E-state index in [4.69, 9.17) is 10.5 Å². The van der Waals surface area contributed by atoms with E-state index < -0.39 is 0 Å². The van der Waals surface area contributed by atoms with Gasteiger partial charge in [-0.1, -0.05) is 18.2 Å². The number of hydrogen-bond donors (Lipinski definition) is 1. The maximum absolute atomic E-state index is 6.00. The Labute approximate surface area is 104 Å². The third-order valence-corrected chi connectivity index (χ3v) is 3.34. The molecule has 0 bridgehead atoms. The average Bonchev–Trinajstić information content (AvgIpc) is 2.81. The van der Waals surface area contributed by atoms with Crippen LogP contribution in [0.25, 0.3) is 0 Å². The maximum atomic E-state index is 6.00. The lowest BCUT2D eigenvalue weighted by molar-refractivity contribution is 0.116. The van der Waals surface area contributed by atoms with Crippen LogP contribution in [0.4, 0.5) is 5.69 Å². The number of para-hydroxylation sites is 1. The summed E-state index contributed by atoms with van der Waals surface area (Å²) in [5.74, 6) is 0. The highest BCUT2D eigenvalue weighted by atomic mass is 16.5. The molecule has 2 rings (SSSR count). The molecule has 1 unspecified atom stereocenters. The molecular formula is C14H22N2O. The zero-order valence-corrected chi connectivity index (χ0v) is 10.7. The van der Waals surface area contributed by atoms with Crippen LogP contribution in [-0.2, 0) is 4.74 Å². The fourth-order valence-corrected chi connectivity index (χ4v) is 2.41. The second-order valence-corrected chi connectivity index (χ2v) is 4.86. The number of nitrogens with two attached hydrogens (primary N) is 1. The van der Waals surface area contributed by atoms with Crippen molar-refractivity contribution in [3.05, 3.63) is 29.8 Å². The summed E-state index contributed by atoms with van der Waals surface area (Å²) in [5, 5.41) is 0. The molecule has 94 valence electrons. The molecule has 1 aromatic rings. The minimum Gasteiger partial charge on any atom is -0.376 e. The van der Waals surface area contributed by atoms with E-state index in [1.54, 1.807) is 0 Å². The van der Waals surface area contributed by atoms with Gasteiger partial charge < -0.3 is 15.4 Å². The third-order valence-electron chi connectivity index (χ3n) is 3.34. The molecular weight excluding hydrogens is 212 g/mol. The summed E-state index contributed by atoms with van der Waals surface area (Å²) < 4.78 is 5.67. The van der Waals surface area contributed by atoms with Gasteiger partial charge in [-0.25, -0.2) is 0 Å². The second-order valence-electron chi connectivity index (χ2n) is 4.86. The van der Waals surface area contributed by atoms with Crippen LogP contribution in [0, 0.1) is 0 Å². The van der Waals surface area contributed by atoms with E-state index in [0.29, 0.717) is 6.10 Å². The predicted molar refractivity (Wildman–Crippen MR) is 71.3 cm³/mol. The summed E-state index contributed by atoms with van der Waals surface area (Å²) in [6.07, 6.45) is 2.74. The molecule has 17 heavy (non-hydrogen) atoms. The number of benzene rings is 1. The van der Waals surface area contributed by atoms with Crippen LogP contribution in [0.2, 0.25) is 0 Å². The molecule has 0 radical (unpaired) electrons. The van der Waals surface area contributed by atoms with Gasteiger partial charge in [0.25, 0.3) is 0 Å². The van der Waals surface area contributed by atoms with Crippen molar-refractivity contribution in [2.75, 3.05) is 25.1 Å². The number of likely N-dealkylation sites (N-methyl/N-ethyl adjacent to an activating group) is 1. The maximum Gasteiger partial charge on any atom is 0.0750 e. The third kappa shape index (κ3) is 2.99. The molecule has 0 aromatic heterocycles. The summed E-state index contributed by atoms with van der Waals surface area (Å²) in [6.45, 7) is 3.88. The minimum atomic E-state index is 0.0677. The van der Waals surface area contributed by atoms with Gasteiger partial charge in [0.15, 0.2) is 0 Å². The van der Waals surface area contributed by atoms with Gasteiger partial charge in [-0.2, -0.15) is 0 Å². The molecule has 0 aliphatic carbocycles. The van der Waals surface area contributed by atoms with E-state index in [1.165, 1.54) is 24.1 Å². The normalized spacial score (nSPS) is 21.5. The lowest BCUT2D eigenvalue weighted by Crippen LogP contribution is -2.29. The smallest absolute Gasteiger partial charge is 0.0750 e. The Balaban J connectivity index is 2.09. The Hall–Kier alpha value is -1.06. The summed E-state index contributed by atoms with van der Waals surface area (Å²) >= 11 is 0. The Morgan fingerprint density at radius 1 is 1.47 bits per heavy atom. The molecule has 0 spiro atoms. The van der Waals surface area contributed by atoms with Crippen LogP contribution in [0.5, 0.6) is 0 Å². The average molecular weight is 234 g/mol. The van der Waals surface area contributed by atoms with Gasteiger partial charge in [-0.3, -0.25) is 0 Å². The quantitative estimate of drug-likeness (QED) is 0.869. The van der Waals surface area contributed by atoms with Crippen LogP contribution in [0.3, 0.4) is 0 Å². The lowest BCUT2D eigenvalue weighted by atomic mass is 10.1. The largest absolute Gasteiger partial charge is 0.376 e. The van der Waals surface area contributed by atoms with Gasteiger partial charge in [0.2, 0.25) is 0 Å². The van der Waals surface area contributed by atoms with Crippen LogP contribution >= 0.6 is 0 Å². The molecule has 2 atom stereocenters. The molecule has 0 amide bonds. The van der Waals surface area contributed by atoms with Crippen molar-refractivity contribution in [1.82, 2.24) is 0 Å². The van der Waals surface area contributed by atoms with Gasteiger partial charge in [-0.05, 0) is 31.4 Å². The minimum absolute atomic E-state index is 0.0677. The zero-order valence-electron chi connectivity index (χ0n) is 10.7. The van der Waals surface area contributed by atoms with Crippen LogP contribution in [0.15, 0.2) is 24.3 Å². The van der Waals surface area contributed by atoms with E-state index in [9.17, 15) is 0 Å². The molecule has 1 aliphatic heterocycles. The van der Waals surface area contributed by atoms with Crippen LogP contribution < -0.4 is 10.6 Å². The first-order valence-corrected chi connectivity index (χ1v) is 6.35. The number of ether oxygens (including phenoxy) is 1.